The maximum absolute atomic E-state index is 13.2. The van der Waals surface area contributed by atoms with Gasteiger partial charge >= 0.3 is 0 Å². The maximum Gasteiger partial charge on any atom is 0.247 e. The van der Waals surface area contributed by atoms with E-state index >= 15 is 0 Å². The molecule has 1 amide bonds. The SMILES string of the molecule is N#C[C@@]1(C2CC2)CCN(c2ccnn3cc(-c4ccc5nccn5c4)cc23)C1=O. The molecule has 5 heterocycles. The Morgan fingerprint density at radius 3 is 2.86 bits per heavy atom. The van der Waals surface area contributed by atoms with E-state index in [0.29, 0.717) is 13.0 Å². The molecule has 1 saturated heterocycles. The van der Waals surface area contributed by atoms with Crippen molar-refractivity contribution in [3.8, 4) is 17.2 Å². The maximum atomic E-state index is 13.2. The normalized spacial score (nSPS) is 21.9. The Hall–Kier alpha value is -3.66. The molecule has 0 bridgehead atoms. The Morgan fingerprint density at radius 1 is 1.14 bits per heavy atom. The second-order valence-corrected chi connectivity index (χ2v) is 7.95. The fourth-order valence-corrected chi connectivity index (χ4v) is 4.59. The monoisotopic (exact) mass is 382 g/mol. The van der Waals surface area contributed by atoms with Gasteiger partial charge in [0.05, 0.1) is 17.3 Å². The number of amides is 1. The van der Waals surface area contributed by atoms with Crippen molar-refractivity contribution in [2.45, 2.75) is 19.3 Å². The number of aromatic nitrogens is 4. The van der Waals surface area contributed by atoms with Crippen molar-refractivity contribution in [1.82, 2.24) is 19.0 Å². The van der Waals surface area contributed by atoms with Crippen LogP contribution in [0.2, 0.25) is 0 Å². The summed E-state index contributed by atoms with van der Waals surface area (Å²) in [6, 6.07) is 10.3. The van der Waals surface area contributed by atoms with Gasteiger partial charge in [-0.2, -0.15) is 10.4 Å². The quantitative estimate of drug-likeness (QED) is 0.545. The lowest BCUT2D eigenvalue weighted by molar-refractivity contribution is -0.123. The van der Waals surface area contributed by atoms with E-state index in [1.165, 1.54) is 0 Å². The van der Waals surface area contributed by atoms with Gasteiger partial charge in [0.25, 0.3) is 0 Å². The summed E-state index contributed by atoms with van der Waals surface area (Å²) in [6.45, 7) is 0.573. The molecule has 0 radical (unpaired) electrons. The van der Waals surface area contributed by atoms with Gasteiger partial charge in [-0.15, -0.1) is 0 Å². The van der Waals surface area contributed by atoms with Crippen LogP contribution in [0.5, 0.6) is 0 Å². The Labute approximate surface area is 166 Å². The lowest BCUT2D eigenvalue weighted by Gasteiger charge is -2.21. The predicted octanol–water partition coefficient (Wildman–Crippen LogP) is 3.31. The summed E-state index contributed by atoms with van der Waals surface area (Å²) < 4.78 is 3.78. The van der Waals surface area contributed by atoms with Gasteiger partial charge < -0.3 is 9.30 Å². The molecule has 6 rings (SSSR count). The number of rotatable bonds is 3. The first-order valence-corrected chi connectivity index (χ1v) is 9.83. The van der Waals surface area contributed by atoms with Gasteiger partial charge in [0.15, 0.2) is 0 Å². The standard InChI is InChI=1S/C22H18N6O/c23-14-22(17-2-3-17)6-9-27(21(22)29)18-5-7-25-28-13-16(11-19(18)28)15-1-4-20-24-8-10-26(20)12-15/h1,4-5,7-8,10-13,17H,2-3,6,9H2/t22-/m1/s1. The highest BCUT2D eigenvalue weighted by molar-refractivity contribution is 6.05. The molecule has 1 saturated carbocycles. The summed E-state index contributed by atoms with van der Waals surface area (Å²) >= 11 is 0. The van der Waals surface area contributed by atoms with E-state index in [2.05, 4.69) is 22.2 Å². The van der Waals surface area contributed by atoms with Crippen molar-refractivity contribution in [2.75, 3.05) is 11.4 Å². The van der Waals surface area contributed by atoms with Gasteiger partial charge in [0.1, 0.15) is 11.1 Å². The van der Waals surface area contributed by atoms with Crippen molar-refractivity contribution in [3.05, 3.63) is 55.2 Å². The number of nitrogens with zero attached hydrogens (tertiary/aromatic N) is 6. The minimum Gasteiger partial charge on any atom is -0.309 e. The molecule has 0 unspecified atom stereocenters. The molecule has 0 spiro atoms. The highest BCUT2D eigenvalue weighted by Gasteiger charge is 2.56. The molecule has 1 aliphatic heterocycles. The summed E-state index contributed by atoms with van der Waals surface area (Å²) in [7, 11) is 0. The zero-order valence-electron chi connectivity index (χ0n) is 15.7. The van der Waals surface area contributed by atoms with E-state index in [4.69, 9.17) is 0 Å². The van der Waals surface area contributed by atoms with Gasteiger partial charge in [-0.05, 0) is 49.4 Å². The summed E-state index contributed by atoms with van der Waals surface area (Å²) in [5.74, 6) is 0.158. The van der Waals surface area contributed by atoms with Gasteiger partial charge in [0, 0.05) is 48.7 Å². The zero-order chi connectivity index (χ0) is 19.6. The number of carbonyl (C=O) groups is 1. The van der Waals surface area contributed by atoms with Crippen LogP contribution < -0.4 is 4.90 Å². The van der Waals surface area contributed by atoms with Crippen LogP contribution in [-0.4, -0.2) is 31.5 Å². The van der Waals surface area contributed by atoms with Crippen LogP contribution in [0.15, 0.2) is 55.2 Å². The lowest BCUT2D eigenvalue weighted by Crippen LogP contribution is -2.35. The molecule has 1 aliphatic carbocycles. The fraction of sp³-hybridized carbons (Fsp3) is 0.273. The minimum atomic E-state index is -0.845. The van der Waals surface area contributed by atoms with Crippen molar-refractivity contribution in [3.63, 3.8) is 0 Å². The largest absolute Gasteiger partial charge is 0.309 e. The number of fused-ring (bicyclic) bond motifs is 2. The molecule has 142 valence electrons. The molecular weight excluding hydrogens is 364 g/mol. The molecule has 2 aliphatic rings. The highest BCUT2D eigenvalue weighted by atomic mass is 16.2. The van der Waals surface area contributed by atoms with E-state index in [9.17, 15) is 10.1 Å². The topological polar surface area (TPSA) is 78.7 Å². The van der Waals surface area contributed by atoms with Crippen molar-refractivity contribution >= 4 is 22.8 Å². The van der Waals surface area contributed by atoms with Crippen LogP contribution in [0, 0.1) is 22.7 Å². The molecule has 7 heteroatoms. The number of pyridine rings is 1. The lowest BCUT2D eigenvalue weighted by atomic mass is 9.83. The van der Waals surface area contributed by atoms with Gasteiger partial charge in [0.2, 0.25) is 5.91 Å². The summed E-state index contributed by atoms with van der Waals surface area (Å²) in [5.41, 5.74) is 3.79. The van der Waals surface area contributed by atoms with E-state index in [1.54, 1.807) is 21.8 Å². The number of carbonyl (C=O) groups excluding carboxylic acids is 1. The molecule has 4 aromatic heterocycles. The number of anilines is 1. The van der Waals surface area contributed by atoms with E-state index in [0.717, 1.165) is 40.8 Å². The number of hydrogen-bond donors (Lipinski definition) is 0. The smallest absolute Gasteiger partial charge is 0.247 e. The average Bonchev–Trinajstić information content (AvgIpc) is 3.20. The summed E-state index contributed by atoms with van der Waals surface area (Å²) in [5, 5.41) is 14.2. The van der Waals surface area contributed by atoms with Crippen molar-refractivity contribution in [1.29, 1.82) is 5.26 Å². The molecule has 0 aromatic carbocycles. The van der Waals surface area contributed by atoms with Crippen LogP contribution in [0.3, 0.4) is 0 Å². The highest BCUT2D eigenvalue weighted by Crippen LogP contribution is 2.52. The first-order valence-electron chi connectivity index (χ1n) is 9.83. The van der Waals surface area contributed by atoms with Crippen LogP contribution in [0.4, 0.5) is 5.69 Å². The number of hydrogen-bond acceptors (Lipinski definition) is 4. The first-order chi connectivity index (χ1) is 14.2. The third-order valence-corrected chi connectivity index (χ3v) is 6.33. The zero-order valence-corrected chi connectivity index (χ0v) is 15.7. The summed E-state index contributed by atoms with van der Waals surface area (Å²) in [6.07, 6.45) is 12.0. The third kappa shape index (κ3) is 2.26. The molecule has 0 N–H and O–H groups in total. The van der Waals surface area contributed by atoms with Crippen LogP contribution in [0.25, 0.3) is 22.3 Å². The van der Waals surface area contributed by atoms with Crippen molar-refractivity contribution in [2.24, 2.45) is 11.3 Å². The molecule has 4 aromatic rings. The predicted molar refractivity (Wildman–Crippen MR) is 107 cm³/mol. The van der Waals surface area contributed by atoms with Crippen molar-refractivity contribution < 1.29 is 4.79 Å². The van der Waals surface area contributed by atoms with Gasteiger partial charge in [-0.3, -0.25) is 4.79 Å². The first kappa shape index (κ1) is 16.3. The van der Waals surface area contributed by atoms with Gasteiger partial charge in [-0.25, -0.2) is 9.50 Å². The van der Waals surface area contributed by atoms with E-state index in [1.807, 2.05) is 41.2 Å². The molecular formula is C22H18N6O. The third-order valence-electron chi connectivity index (χ3n) is 6.33. The number of nitriles is 1. The summed E-state index contributed by atoms with van der Waals surface area (Å²) in [4.78, 5) is 19.3. The minimum absolute atomic E-state index is 0.0572. The molecule has 29 heavy (non-hydrogen) atoms. The second kappa shape index (κ2) is 5.67. The van der Waals surface area contributed by atoms with Crippen LogP contribution in [-0.2, 0) is 4.79 Å². The average molecular weight is 382 g/mol. The van der Waals surface area contributed by atoms with E-state index in [-0.39, 0.29) is 11.8 Å². The number of imidazole rings is 1. The van der Waals surface area contributed by atoms with Crippen LogP contribution >= 0.6 is 0 Å². The second-order valence-electron chi connectivity index (χ2n) is 7.95. The van der Waals surface area contributed by atoms with Gasteiger partial charge in [-0.1, -0.05) is 0 Å². The van der Waals surface area contributed by atoms with Crippen LogP contribution in [0.1, 0.15) is 19.3 Å². The molecule has 1 atom stereocenters. The Balaban J connectivity index is 1.44. The Kier molecular flexibility index (Phi) is 3.19. The Bertz CT molecular complexity index is 1320. The Morgan fingerprint density at radius 2 is 2.03 bits per heavy atom. The molecule has 7 nitrogen and oxygen atoms in total. The van der Waals surface area contributed by atoms with E-state index < -0.39 is 5.41 Å². The molecule has 2 fully saturated rings. The fourth-order valence-electron chi connectivity index (χ4n) is 4.59.